The number of unbranched alkanes of at least 4 members (excludes halogenated alkanes) is 5. The van der Waals surface area contributed by atoms with Crippen LogP contribution in [-0.2, 0) is 0 Å². The summed E-state index contributed by atoms with van der Waals surface area (Å²) < 4.78 is 5.92. The van der Waals surface area contributed by atoms with Crippen molar-refractivity contribution in [2.75, 3.05) is 6.61 Å². The lowest BCUT2D eigenvalue weighted by atomic mass is 9.98. The van der Waals surface area contributed by atoms with Gasteiger partial charge in [-0.2, -0.15) is 0 Å². The molecule has 0 bridgehead atoms. The highest BCUT2D eigenvalue weighted by atomic mass is 16.5. The van der Waals surface area contributed by atoms with Crippen LogP contribution in [0.2, 0.25) is 0 Å². The van der Waals surface area contributed by atoms with Crippen molar-refractivity contribution >= 4 is 0 Å². The average molecular weight is 435 g/mol. The minimum atomic E-state index is 0.809. The standard InChI is InChI=1S/C32H34O/c1-2-3-4-5-6-10-25-33-32-23-21-31(22-24-32)30-19-17-29(18-20-30)28-15-13-27(14-16-28)26-11-8-7-9-12-26/h7-9,11-24H,2-6,10,25H2,1H3. The summed E-state index contributed by atoms with van der Waals surface area (Å²) in [6.45, 7) is 3.06. The molecule has 0 unspecified atom stereocenters. The second-order valence-corrected chi connectivity index (χ2v) is 8.66. The van der Waals surface area contributed by atoms with Crippen LogP contribution in [-0.4, -0.2) is 6.61 Å². The van der Waals surface area contributed by atoms with E-state index in [2.05, 4.69) is 110 Å². The van der Waals surface area contributed by atoms with Gasteiger partial charge in [0.2, 0.25) is 0 Å². The van der Waals surface area contributed by atoms with Crippen LogP contribution in [0.25, 0.3) is 33.4 Å². The molecule has 0 aromatic heterocycles. The van der Waals surface area contributed by atoms with Gasteiger partial charge >= 0.3 is 0 Å². The summed E-state index contributed by atoms with van der Waals surface area (Å²) in [5.74, 6) is 0.961. The molecule has 0 saturated heterocycles. The number of rotatable bonds is 11. The van der Waals surface area contributed by atoms with Crippen LogP contribution in [0.5, 0.6) is 5.75 Å². The van der Waals surface area contributed by atoms with Crippen LogP contribution >= 0.6 is 0 Å². The Morgan fingerprint density at radius 2 is 0.818 bits per heavy atom. The molecular formula is C32H34O. The van der Waals surface area contributed by atoms with Crippen LogP contribution in [0.15, 0.2) is 103 Å². The fraction of sp³-hybridized carbons (Fsp3) is 0.250. The molecule has 0 spiro atoms. The van der Waals surface area contributed by atoms with Crippen LogP contribution < -0.4 is 4.74 Å². The summed E-state index contributed by atoms with van der Waals surface area (Å²) in [5, 5.41) is 0. The molecular weight excluding hydrogens is 400 g/mol. The van der Waals surface area contributed by atoms with Gasteiger partial charge in [-0.1, -0.05) is 130 Å². The van der Waals surface area contributed by atoms with E-state index in [4.69, 9.17) is 4.74 Å². The van der Waals surface area contributed by atoms with Crippen molar-refractivity contribution < 1.29 is 4.74 Å². The molecule has 1 nitrogen and oxygen atoms in total. The zero-order chi connectivity index (χ0) is 22.7. The van der Waals surface area contributed by atoms with Crippen molar-refractivity contribution in [2.45, 2.75) is 45.4 Å². The first-order chi connectivity index (χ1) is 16.3. The van der Waals surface area contributed by atoms with Crippen molar-refractivity contribution in [1.82, 2.24) is 0 Å². The molecule has 0 aliphatic heterocycles. The van der Waals surface area contributed by atoms with Gasteiger partial charge in [-0.3, -0.25) is 0 Å². The van der Waals surface area contributed by atoms with E-state index in [1.165, 1.54) is 65.5 Å². The largest absolute Gasteiger partial charge is 0.494 e. The first kappa shape index (κ1) is 22.9. The molecule has 0 fully saturated rings. The Hall–Kier alpha value is -3.32. The predicted molar refractivity (Wildman–Crippen MR) is 142 cm³/mol. The number of hydrogen-bond acceptors (Lipinski definition) is 1. The summed E-state index contributed by atoms with van der Waals surface area (Å²) in [6, 6.07) is 36.6. The van der Waals surface area contributed by atoms with Gasteiger partial charge in [-0.05, 0) is 51.9 Å². The van der Waals surface area contributed by atoms with Crippen LogP contribution in [0, 0.1) is 0 Å². The van der Waals surface area contributed by atoms with E-state index in [9.17, 15) is 0 Å². The molecule has 0 saturated carbocycles. The SMILES string of the molecule is CCCCCCCCOc1ccc(-c2ccc(-c3ccc(-c4ccccc4)cc3)cc2)cc1. The van der Waals surface area contributed by atoms with Crippen molar-refractivity contribution in [3.63, 3.8) is 0 Å². The molecule has 0 aliphatic rings. The van der Waals surface area contributed by atoms with Gasteiger partial charge in [0, 0.05) is 0 Å². The molecule has 4 rings (SSSR count). The normalized spacial score (nSPS) is 10.8. The minimum Gasteiger partial charge on any atom is -0.494 e. The molecule has 0 amide bonds. The lowest BCUT2D eigenvalue weighted by Crippen LogP contribution is -1.97. The Balaban J connectivity index is 1.31. The Kier molecular flexibility index (Phi) is 8.36. The zero-order valence-electron chi connectivity index (χ0n) is 19.7. The summed E-state index contributed by atoms with van der Waals surface area (Å²) in [6.07, 6.45) is 7.72. The predicted octanol–water partition coefficient (Wildman–Crippen LogP) is 9.43. The average Bonchev–Trinajstić information content (AvgIpc) is 2.89. The Morgan fingerprint density at radius 1 is 0.424 bits per heavy atom. The molecule has 0 aliphatic carbocycles. The molecule has 0 atom stereocenters. The Morgan fingerprint density at radius 3 is 1.30 bits per heavy atom. The van der Waals surface area contributed by atoms with Crippen LogP contribution in [0.4, 0.5) is 0 Å². The molecule has 1 heteroatoms. The first-order valence-corrected chi connectivity index (χ1v) is 12.3. The highest BCUT2D eigenvalue weighted by molar-refractivity contribution is 5.73. The third-order valence-corrected chi connectivity index (χ3v) is 6.16. The lowest BCUT2D eigenvalue weighted by Gasteiger charge is -2.09. The number of hydrogen-bond donors (Lipinski definition) is 0. The van der Waals surface area contributed by atoms with Gasteiger partial charge in [-0.15, -0.1) is 0 Å². The van der Waals surface area contributed by atoms with Gasteiger partial charge in [0.15, 0.2) is 0 Å². The fourth-order valence-electron chi connectivity index (χ4n) is 4.16. The van der Waals surface area contributed by atoms with Crippen LogP contribution in [0.1, 0.15) is 45.4 Å². The van der Waals surface area contributed by atoms with Gasteiger partial charge in [0.05, 0.1) is 6.61 Å². The van der Waals surface area contributed by atoms with Crippen molar-refractivity contribution in [2.24, 2.45) is 0 Å². The van der Waals surface area contributed by atoms with Crippen molar-refractivity contribution in [3.8, 4) is 39.1 Å². The Labute approximate surface area is 199 Å². The molecule has 0 heterocycles. The van der Waals surface area contributed by atoms with Gasteiger partial charge < -0.3 is 4.74 Å². The molecule has 0 N–H and O–H groups in total. The van der Waals surface area contributed by atoms with Gasteiger partial charge in [0.1, 0.15) is 5.75 Å². The smallest absolute Gasteiger partial charge is 0.119 e. The maximum absolute atomic E-state index is 5.92. The highest BCUT2D eigenvalue weighted by Crippen LogP contribution is 2.28. The second kappa shape index (κ2) is 12.1. The van der Waals surface area contributed by atoms with Gasteiger partial charge in [0.25, 0.3) is 0 Å². The molecule has 4 aromatic rings. The highest BCUT2D eigenvalue weighted by Gasteiger charge is 2.03. The number of benzene rings is 4. The van der Waals surface area contributed by atoms with E-state index < -0.39 is 0 Å². The van der Waals surface area contributed by atoms with E-state index in [0.717, 1.165) is 18.8 Å². The summed E-state index contributed by atoms with van der Waals surface area (Å²) in [7, 11) is 0. The monoisotopic (exact) mass is 434 g/mol. The van der Waals surface area contributed by atoms with Crippen LogP contribution in [0.3, 0.4) is 0 Å². The minimum absolute atomic E-state index is 0.809. The molecule has 0 radical (unpaired) electrons. The zero-order valence-corrected chi connectivity index (χ0v) is 19.7. The van der Waals surface area contributed by atoms with Gasteiger partial charge in [-0.25, -0.2) is 0 Å². The quantitative estimate of drug-likeness (QED) is 0.214. The van der Waals surface area contributed by atoms with E-state index >= 15 is 0 Å². The summed E-state index contributed by atoms with van der Waals surface area (Å²) in [4.78, 5) is 0. The first-order valence-electron chi connectivity index (χ1n) is 12.3. The van der Waals surface area contributed by atoms with E-state index in [-0.39, 0.29) is 0 Å². The van der Waals surface area contributed by atoms with Crippen molar-refractivity contribution in [1.29, 1.82) is 0 Å². The topological polar surface area (TPSA) is 9.23 Å². The van der Waals surface area contributed by atoms with Crippen molar-refractivity contribution in [3.05, 3.63) is 103 Å². The maximum Gasteiger partial charge on any atom is 0.119 e. The molecule has 4 aromatic carbocycles. The summed E-state index contributed by atoms with van der Waals surface area (Å²) in [5.41, 5.74) is 7.40. The third-order valence-electron chi connectivity index (χ3n) is 6.16. The van der Waals surface area contributed by atoms with E-state index in [1.807, 2.05) is 0 Å². The molecule has 33 heavy (non-hydrogen) atoms. The Bertz CT molecular complexity index is 1080. The summed E-state index contributed by atoms with van der Waals surface area (Å²) >= 11 is 0. The van der Waals surface area contributed by atoms with E-state index in [0.29, 0.717) is 0 Å². The lowest BCUT2D eigenvalue weighted by molar-refractivity contribution is 0.304. The number of ether oxygens (including phenoxy) is 1. The second-order valence-electron chi connectivity index (χ2n) is 8.66. The van der Waals surface area contributed by atoms with E-state index in [1.54, 1.807) is 0 Å². The maximum atomic E-state index is 5.92. The molecule has 168 valence electrons. The fourth-order valence-corrected chi connectivity index (χ4v) is 4.16. The third kappa shape index (κ3) is 6.58.